The molecule has 0 aliphatic carbocycles. The molecule has 3 aromatic rings. The van der Waals surface area contributed by atoms with Crippen molar-refractivity contribution in [3.63, 3.8) is 0 Å². The zero-order valence-electron chi connectivity index (χ0n) is 15.6. The lowest BCUT2D eigenvalue weighted by molar-refractivity contribution is 0.102. The van der Waals surface area contributed by atoms with Crippen molar-refractivity contribution >= 4 is 44.8 Å². The summed E-state index contributed by atoms with van der Waals surface area (Å²) in [5.41, 5.74) is 0.405. The number of nitrogens with one attached hydrogen (secondary N) is 1. The van der Waals surface area contributed by atoms with E-state index in [1.807, 2.05) is 0 Å². The van der Waals surface area contributed by atoms with Crippen LogP contribution >= 0.6 is 23.2 Å². The summed E-state index contributed by atoms with van der Waals surface area (Å²) in [6.07, 6.45) is 0. The first kappa shape index (κ1) is 21.9. The van der Waals surface area contributed by atoms with Crippen molar-refractivity contribution in [3.05, 3.63) is 76.3 Å². The lowest BCUT2D eigenvalue weighted by Gasteiger charge is -2.14. The van der Waals surface area contributed by atoms with Crippen LogP contribution in [0.15, 0.2) is 65.6 Å². The second-order valence-electron chi connectivity index (χ2n) is 6.07. The summed E-state index contributed by atoms with van der Waals surface area (Å²) in [5, 5.41) is 8.38. The van der Waals surface area contributed by atoms with Crippen LogP contribution in [0.5, 0.6) is 17.2 Å². The van der Waals surface area contributed by atoms with Gasteiger partial charge in [0.1, 0.15) is 17.2 Å². The number of rotatable bonds is 6. The molecule has 0 bridgehead atoms. The summed E-state index contributed by atoms with van der Waals surface area (Å²) < 4.78 is 34.0. The van der Waals surface area contributed by atoms with Gasteiger partial charge in [0.25, 0.3) is 5.91 Å². The molecule has 3 aromatic carbocycles. The number of anilines is 1. The summed E-state index contributed by atoms with van der Waals surface area (Å²) in [5.74, 6) is 0.462. The molecule has 1 amide bonds. The van der Waals surface area contributed by atoms with Crippen LogP contribution in [-0.4, -0.2) is 21.4 Å². The predicted octanol–water partition coefficient (Wildman–Crippen LogP) is 4.69. The highest BCUT2D eigenvalue weighted by atomic mass is 35.5. The quantitative estimate of drug-likeness (QED) is 0.547. The van der Waals surface area contributed by atoms with Gasteiger partial charge in [-0.1, -0.05) is 29.3 Å². The first-order valence-electron chi connectivity index (χ1n) is 8.42. The maximum atomic E-state index is 12.8. The van der Waals surface area contributed by atoms with Crippen LogP contribution in [0.25, 0.3) is 0 Å². The fourth-order valence-electron chi connectivity index (χ4n) is 2.53. The van der Waals surface area contributed by atoms with Gasteiger partial charge in [0, 0.05) is 22.8 Å². The normalized spacial score (nSPS) is 11.1. The minimum absolute atomic E-state index is 0.127. The molecule has 0 radical (unpaired) electrons. The maximum absolute atomic E-state index is 12.8. The monoisotopic (exact) mass is 466 g/mol. The Bertz CT molecular complexity index is 1220. The lowest BCUT2D eigenvalue weighted by atomic mass is 10.1. The van der Waals surface area contributed by atoms with Crippen LogP contribution in [0.1, 0.15) is 10.4 Å². The molecule has 30 heavy (non-hydrogen) atoms. The number of carbonyl (C=O) groups excluding carboxylic acids is 1. The van der Waals surface area contributed by atoms with Gasteiger partial charge in [-0.3, -0.25) is 4.79 Å². The molecule has 0 heterocycles. The van der Waals surface area contributed by atoms with Gasteiger partial charge in [-0.05, 0) is 42.5 Å². The summed E-state index contributed by atoms with van der Waals surface area (Å²) in [4.78, 5) is 12.7. The number of hydrogen-bond donors (Lipinski definition) is 2. The Morgan fingerprint density at radius 3 is 2.43 bits per heavy atom. The number of methoxy groups -OCH3 is 1. The first-order valence-corrected chi connectivity index (χ1v) is 10.7. The van der Waals surface area contributed by atoms with Crippen molar-refractivity contribution in [3.8, 4) is 17.2 Å². The molecule has 156 valence electrons. The number of benzene rings is 3. The van der Waals surface area contributed by atoms with Crippen LogP contribution in [0, 0.1) is 0 Å². The Kier molecular flexibility index (Phi) is 6.52. The summed E-state index contributed by atoms with van der Waals surface area (Å²) in [7, 11) is -2.40. The SMILES string of the molecule is COc1ccc(Oc2cc(Cl)ccc2C(=O)Nc2cccc(S(N)(=O)=O)c2)c(Cl)c1. The number of amides is 1. The van der Waals surface area contributed by atoms with Crippen molar-refractivity contribution in [2.45, 2.75) is 4.90 Å². The Balaban J connectivity index is 1.91. The Labute approximate surface area is 183 Å². The average molecular weight is 467 g/mol. The highest BCUT2D eigenvalue weighted by Crippen LogP contribution is 2.35. The van der Waals surface area contributed by atoms with E-state index in [1.165, 1.54) is 49.6 Å². The number of primary sulfonamides is 1. The summed E-state index contributed by atoms with van der Waals surface area (Å²) >= 11 is 12.3. The van der Waals surface area contributed by atoms with Gasteiger partial charge in [-0.25, -0.2) is 13.6 Å². The molecule has 0 saturated heterocycles. The van der Waals surface area contributed by atoms with Crippen LogP contribution in [0.2, 0.25) is 10.0 Å². The van der Waals surface area contributed by atoms with E-state index < -0.39 is 15.9 Å². The van der Waals surface area contributed by atoms with Crippen LogP contribution in [0.4, 0.5) is 5.69 Å². The third kappa shape index (κ3) is 5.22. The van der Waals surface area contributed by atoms with Crippen molar-refractivity contribution < 1.29 is 22.7 Å². The van der Waals surface area contributed by atoms with E-state index in [0.29, 0.717) is 16.5 Å². The standard InChI is InChI=1S/C20H16Cl2N2O5S/c1-28-14-6-8-18(17(22)11-14)29-19-9-12(21)5-7-16(19)20(25)24-13-3-2-4-15(10-13)30(23,26)27/h2-11H,1H3,(H,24,25)(H2,23,26,27). The van der Waals surface area contributed by atoms with Crippen molar-refractivity contribution in [1.82, 2.24) is 0 Å². The predicted molar refractivity (Wildman–Crippen MR) is 115 cm³/mol. The van der Waals surface area contributed by atoms with Crippen LogP contribution in [-0.2, 0) is 10.0 Å². The Morgan fingerprint density at radius 2 is 1.77 bits per heavy atom. The van der Waals surface area contributed by atoms with Gasteiger partial charge < -0.3 is 14.8 Å². The number of carbonyl (C=O) groups is 1. The molecule has 0 aromatic heterocycles. The lowest BCUT2D eigenvalue weighted by Crippen LogP contribution is -2.15. The van der Waals surface area contributed by atoms with E-state index in [-0.39, 0.29) is 26.9 Å². The number of sulfonamides is 1. The Morgan fingerprint density at radius 1 is 1.00 bits per heavy atom. The summed E-state index contributed by atoms with van der Waals surface area (Å²) in [6.45, 7) is 0. The minimum atomic E-state index is -3.91. The van der Waals surface area contributed by atoms with Crippen molar-refractivity contribution in [1.29, 1.82) is 0 Å². The van der Waals surface area contributed by atoms with E-state index in [9.17, 15) is 13.2 Å². The molecule has 0 spiro atoms. The Hall–Kier alpha value is -2.78. The zero-order valence-corrected chi connectivity index (χ0v) is 17.9. The van der Waals surface area contributed by atoms with Gasteiger partial charge in [0.2, 0.25) is 10.0 Å². The molecule has 0 fully saturated rings. The summed E-state index contributed by atoms with van der Waals surface area (Å²) in [6, 6.07) is 14.9. The number of halogens is 2. The third-order valence-electron chi connectivity index (χ3n) is 3.97. The topological polar surface area (TPSA) is 108 Å². The van der Waals surface area contributed by atoms with Crippen molar-refractivity contribution in [2.75, 3.05) is 12.4 Å². The van der Waals surface area contributed by atoms with Crippen LogP contribution in [0.3, 0.4) is 0 Å². The molecule has 0 aliphatic heterocycles. The average Bonchev–Trinajstić information content (AvgIpc) is 2.69. The molecule has 3 N–H and O–H groups in total. The van der Waals surface area contributed by atoms with E-state index in [1.54, 1.807) is 18.2 Å². The van der Waals surface area contributed by atoms with Crippen LogP contribution < -0.4 is 19.9 Å². The van der Waals surface area contributed by atoms with Gasteiger partial charge >= 0.3 is 0 Å². The van der Waals surface area contributed by atoms with E-state index in [2.05, 4.69) is 5.32 Å². The molecular weight excluding hydrogens is 451 g/mol. The van der Waals surface area contributed by atoms with Gasteiger partial charge in [-0.2, -0.15) is 0 Å². The van der Waals surface area contributed by atoms with E-state index in [4.69, 9.17) is 37.8 Å². The largest absolute Gasteiger partial charge is 0.497 e. The molecular formula is C20H16Cl2N2O5S. The highest BCUT2D eigenvalue weighted by molar-refractivity contribution is 7.89. The molecule has 0 saturated carbocycles. The minimum Gasteiger partial charge on any atom is -0.497 e. The molecule has 7 nitrogen and oxygen atoms in total. The van der Waals surface area contributed by atoms with Gasteiger partial charge in [0.05, 0.1) is 22.6 Å². The first-order chi connectivity index (χ1) is 14.2. The molecule has 0 unspecified atom stereocenters. The van der Waals surface area contributed by atoms with Crippen molar-refractivity contribution in [2.24, 2.45) is 5.14 Å². The smallest absolute Gasteiger partial charge is 0.259 e. The van der Waals surface area contributed by atoms with E-state index in [0.717, 1.165) is 0 Å². The number of hydrogen-bond acceptors (Lipinski definition) is 5. The molecule has 3 rings (SSSR count). The zero-order chi connectivity index (χ0) is 21.9. The number of nitrogens with two attached hydrogens (primary N) is 1. The maximum Gasteiger partial charge on any atom is 0.259 e. The number of ether oxygens (including phenoxy) is 2. The third-order valence-corrected chi connectivity index (χ3v) is 5.41. The molecule has 0 atom stereocenters. The molecule has 10 heteroatoms. The van der Waals surface area contributed by atoms with Gasteiger partial charge in [0.15, 0.2) is 0 Å². The fourth-order valence-corrected chi connectivity index (χ4v) is 3.46. The van der Waals surface area contributed by atoms with Gasteiger partial charge in [-0.15, -0.1) is 0 Å². The highest BCUT2D eigenvalue weighted by Gasteiger charge is 2.17. The molecule has 0 aliphatic rings. The fraction of sp³-hybridized carbons (Fsp3) is 0.0500. The second-order valence-corrected chi connectivity index (χ2v) is 8.47. The van der Waals surface area contributed by atoms with E-state index >= 15 is 0 Å². The second kappa shape index (κ2) is 8.93.